The lowest BCUT2D eigenvalue weighted by Crippen LogP contribution is -2.43. The molecule has 1 rings (SSSR count). The molecule has 3 N–H and O–H groups in total. The van der Waals surface area contributed by atoms with Gasteiger partial charge in [0.2, 0.25) is 5.91 Å². The number of hydrogen-bond donors (Lipinski definition) is 2. The Hall–Kier alpha value is -0.610. The van der Waals surface area contributed by atoms with Crippen LogP contribution in [0, 0.1) is 0 Å². The molecule has 1 fully saturated rings. The van der Waals surface area contributed by atoms with Crippen LogP contribution in [0.1, 0.15) is 19.3 Å². The van der Waals surface area contributed by atoms with Gasteiger partial charge < -0.3 is 15.6 Å². The second kappa shape index (κ2) is 3.19. The van der Waals surface area contributed by atoms with Gasteiger partial charge in [0.05, 0.1) is 0 Å². The molecule has 0 aromatic carbocycles. The topological polar surface area (TPSA) is 72.6 Å². The van der Waals surface area contributed by atoms with E-state index in [1.807, 2.05) is 0 Å². The van der Waals surface area contributed by atoms with Crippen molar-refractivity contribution in [3.8, 4) is 0 Å². The van der Waals surface area contributed by atoms with E-state index in [0.717, 1.165) is 6.42 Å². The molecule has 1 aliphatic rings. The Kier molecular flexibility index (Phi) is 2.46. The van der Waals surface area contributed by atoms with Gasteiger partial charge in [-0.1, -0.05) is 0 Å². The van der Waals surface area contributed by atoms with E-state index in [-0.39, 0.29) is 6.61 Å². The Bertz CT molecular complexity index is 152. The summed E-state index contributed by atoms with van der Waals surface area (Å²) in [6, 6.07) is 0. The van der Waals surface area contributed by atoms with Crippen LogP contribution in [-0.4, -0.2) is 29.8 Å². The summed E-state index contributed by atoms with van der Waals surface area (Å²) in [5, 5.41) is 8.65. The minimum atomic E-state index is -0.866. The Morgan fingerprint density at radius 1 is 1.73 bits per heavy atom. The van der Waals surface area contributed by atoms with E-state index < -0.39 is 11.5 Å². The first-order chi connectivity index (χ1) is 5.21. The average Bonchev–Trinajstić information content (AvgIpc) is 2.38. The van der Waals surface area contributed by atoms with Gasteiger partial charge >= 0.3 is 0 Å². The normalized spacial score (nSPS) is 30.6. The molecule has 0 aliphatic carbocycles. The molecule has 1 heterocycles. The van der Waals surface area contributed by atoms with Crippen molar-refractivity contribution in [1.82, 2.24) is 0 Å². The van der Waals surface area contributed by atoms with E-state index >= 15 is 0 Å². The highest BCUT2D eigenvalue weighted by Gasteiger charge is 2.40. The molecule has 0 aromatic heterocycles. The first-order valence-electron chi connectivity index (χ1n) is 3.76. The molecule has 0 aromatic rings. The van der Waals surface area contributed by atoms with Gasteiger partial charge in [-0.05, 0) is 12.8 Å². The number of primary amides is 1. The van der Waals surface area contributed by atoms with Gasteiger partial charge in [0.1, 0.15) is 5.60 Å². The minimum Gasteiger partial charge on any atom is -0.396 e. The smallest absolute Gasteiger partial charge is 0.249 e. The van der Waals surface area contributed by atoms with Crippen molar-refractivity contribution >= 4 is 5.91 Å². The molecule has 4 nitrogen and oxygen atoms in total. The average molecular weight is 159 g/mol. The van der Waals surface area contributed by atoms with Gasteiger partial charge in [-0.15, -0.1) is 0 Å². The quantitative estimate of drug-likeness (QED) is 0.577. The van der Waals surface area contributed by atoms with Crippen molar-refractivity contribution in [1.29, 1.82) is 0 Å². The predicted molar refractivity (Wildman–Crippen MR) is 38.8 cm³/mol. The van der Waals surface area contributed by atoms with Crippen LogP contribution in [0.2, 0.25) is 0 Å². The van der Waals surface area contributed by atoms with E-state index in [1.165, 1.54) is 0 Å². The summed E-state index contributed by atoms with van der Waals surface area (Å²) < 4.78 is 5.21. The lowest BCUT2D eigenvalue weighted by Gasteiger charge is -2.22. The fraction of sp³-hybridized carbons (Fsp3) is 0.857. The number of carbonyl (C=O) groups excluding carboxylic acids is 1. The first-order valence-corrected chi connectivity index (χ1v) is 3.76. The number of amides is 1. The van der Waals surface area contributed by atoms with Gasteiger partial charge in [0, 0.05) is 19.6 Å². The van der Waals surface area contributed by atoms with E-state index in [2.05, 4.69) is 0 Å². The Morgan fingerprint density at radius 2 is 2.45 bits per heavy atom. The molecule has 0 bridgehead atoms. The largest absolute Gasteiger partial charge is 0.396 e. The Labute approximate surface area is 65.3 Å². The van der Waals surface area contributed by atoms with Gasteiger partial charge in [0.15, 0.2) is 0 Å². The van der Waals surface area contributed by atoms with Crippen LogP contribution in [0.25, 0.3) is 0 Å². The maximum absolute atomic E-state index is 10.9. The fourth-order valence-corrected chi connectivity index (χ4v) is 1.39. The summed E-state index contributed by atoms with van der Waals surface area (Å²) in [5.41, 5.74) is 4.28. The highest BCUT2D eigenvalue weighted by Crippen LogP contribution is 2.28. The van der Waals surface area contributed by atoms with Crippen molar-refractivity contribution in [3.63, 3.8) is 0 Å². The van der Waals surface area contributed by atoms with E-state index in [9.17, 15) is 4.79 Å². The molecule has 11 heavy (non-hydrogen) atoms. The monoisotopic (exact) mass is 159 g/mol. The zero-order valence-electron chi connectivity index (χ0n) is 6.38. The highest BCUT2D eigenvalue weighted by atomic mass is 16.5. The lowest BCUT2D eigenvalue weighted by atomic mass is 9.96. The molecule has 0 spiro atoms. The third-order valence-corrected chi connectivity index (χ3v) is 2.07. The zero-order valence-corrected chi connectivity index (χ0v) is 6.38. The predicted octanol–water partition coefficient (Wildman–Crippen LogP) is -0.597. The zero-order chi connectivity index (χ0) is 8.32. The van der Waals surface area contributed by atoms with Gasteiger partial charge in [-0.3, -0.25) is 4.79 Å². The van der Waals surface area contributed by atoms with Crippen LogP contribution in [0.3, 0.4) is 0 Å². The molecule has 1 amide bonds. The molecule has 1 unspecified atom stereocenters. The van der Waals surface area contributed by atoms with Gasteiger partial charge in [-0.25, -0.2) is 0 Å². The first kappa shape index (κ1) is 8.49. The number of hydrogen-bond acceptors (Lipinski definition) is 3. The summed E-state index contributed by atoms with van der Waals surface area (Å²) in [4.78, 5) is 10.9. The maximum Gasteiger partial charge on any atom is 0.249 e. The van der Waals surface area contributed by atoms with Crippen LogP contribution in [0.4, 0.5) is 0 Å². The summed E-state index contributed by atoms with van der Waals surface area (Å²) in [6.45, 7) is 0.520. The molecular weight excluding hydrogens is 146 g/mol. The number of aliphatic hydroxyl groups is 1. The van der Waals surface area contributed by atoms with Crippen molar-refractivity contribution in [2.75, 3.05) is 13.2 Å². The highest BCUT2D eigenvalue weighted by molar-refractivity contribution is 5.83. The third kappa shape index (κ3) is 1.52. The molecule has 1 saturated heterocycles. The molecular formula is C7H13NO3. The summed E-state index contributed by atoms with van der Waals surface area (Å²) in [7, 11) is 0. The molecule has 64 valence electrons. The van der Waals surface area contributed by atoms with E-state index in [1.54, 1.807) is 0 Å². The number of ether oxygens (including phenoxy) is 1. The maximum atomic E-state index is 10.9. The van der Waals surface area contributed by atoms with E-state index in [0.29, 0.717) is 19.4 Å². The SMILES string of the molecule is NC(=O)C1(CCO)CCCO1. The van der Waals surface area contributed by atoms with Crippen molar-refractivity contribution < 1.29 is 14.6 Å². The Balaban J connectivity index is 2.62. The number of carbonyl (C=O) groups is 1. The number of rotatable bonds is 3. The second-order valence-corrected chi connectivity index (χ2v) is 2.78. The minimum absolute atomic E-state index is 0.0526. The van der Waals surface area contributed by atoms with Crippen molar-refractivity contribution in [2.45, 2.75) is 24.9 Å². The summed E-state index contributed by atoms with van der Waals surface area (Å²) in [6.07, 6.45) is 1.81. The molecule has 1 atom stereocenters. The van der Waals surface area contributed by atoms with Crippen LogP contribution < -0.4 is 5.73 Å². The molecule has 0 radical (unpaired) electrons. The fourth-order valence-electron chi connectivity index (χ4n) is 1.39. The Morgan fingerprint density at radius 3 is 2.82 bits per heavy atom. The summed E-state index contributed by atoms with van der Waals surface area (Å²) >= 11 is 0. The van der Waals surface area contributed by atoms with E-state index in [4.69, 9.17) is 15.6 Å². The van der Waals surface area contributed by atoms with Crippen LogP contribution in [0.15, 0.2) is 0 Å². The van der Waals surface area contributed by atoms with Crippen molar-refractivity contribution in [3.05, 3.63) is 0 Å². The standard InChI is InChI=1S/C7H13NO3/c8-6(10)7(3-4-9)2-1-5-11-7/h9H,1-5H2,(H2,8,10). The third-order valence-electron chi connectivity index (χ3n) is 2.07. The molecule has 4 heteroatoms. The second-order valence-electron chi connectivity index (χ2n) is 2.78. The number of aliphatic hydroxyl groups excluding tert-OH is 1. The van der Waals surface area contributed by atoms with Gasteiger partial charge in [0.25, 0.3) is 0 Å². The molecule has 0 saturated carbocycles. The van der Waals surface area contributed by atoms with Crippen LogP contribution >= 0.6 is 0 Å². The van der Waals surface area contributed by atoms with Gasteiger partial charge in [-0.2, -0.15) is 0 Å². The van der Waals surface area contributed by atoms with Crippen LogP contribution in [-0.2, 0) is 9.53 Å². The molecule has 1 aliphatic heterocycles. The van der Waals surface area contributed by atoms with Crippen molar-refractivity contribution in [2.24, 2.45) is 5.73 Å². The number of nitrogens with two attached hydrogens (primary N) is 1. The lowest BCUT2D eigenvalue weighted by molar-refractivity contribution is -0.139. The summed E-state index contributed by atoms with van der Waals surface area (Å²) in [5.74, 6) is -0.455. The van der Waals surface area contributed by atoms with Crippen LogP contribution in [0.5, 0.6) is 0 Å².